The molecule has 4 heteroatoms. The number of allylic oxidation sites excluding steroid dienone is 1. The first kappa shape index (κ1) is 41.1. The molecule has 0 fully saturated rings. The number of rotatable bonds is 10. The van der Waals surface area contributed by atoms with Crippen LogP contribution in [0.2, 0.25) is 0 Å². The van der Waals surface area contributed by atoms with Crippen LogP contribution in [-0.4, -0.2) is 25.9 Å². The van der Waals surface area contributed by atoms with Gasteiger partial charge < -0.3 is 19.9 Å². The Morgan fingerprint density at radius 2 is 1.14 bits per heavy atom. The van der Waals surface area contributed by atoms with Crippen LogP contribution in [0, 0.1) is 5.92 Å². The highest BCUT2D eigenvalue weighted by molar-refractivity contribution is 5.26. The largest absolute Gasteiger partial charge is 0.365 e. The van der Waals surface area contributed by atoms with Crippen LogP contribution < -0.4 is 0 Å². The van der Waals surface area contributed by atoms with Gasteiger partial charge in [0.05, 0.1) is 0 Å². The van der Waals surface area contributed by atoms with Crippen molar-refractivity contribution in [1.29, 1.82) is 0 Å². The lowest BCUT2D eigenvalue weighted by Crippen LogP contribution is -2.26. The highest BCUT2D eigenvalue weighted by Crippen LogP contribution is 2.24. The van der Waals surface area contributed by atoms with E-state index in [9.17, 15) is 0 Å². The second kappa shape index (κ2) is 20.2. The molecule has 3 aromatic heterocycles. The van der Waals surface area contributed by atoms with Gasteiger partial charge in [0.25, 0.3) is 0 Å². The normalized spacial score (nSPS) is 11.2. The van der Waals surface area contributed by atoms with Crippen molar-refractivity contribution in [2.45, 2.75) is 152 Å². The van der Waals surface area contributed by atoms with E-state index in [1.54, 1.807) is 0 Å². The summed E-state index contributed by atoms with van der Waals surface area (Å²) in [5.41, 5.74) is 9.42. The Morgan fingerprint density at radius 1 is 0.636 bits per heavy atom. The molecule has 0 amide bonds. The summed E-state index contributed by atoms with van der Waals surface area (Å²) in [5, 5.41) is 0. The number of hydrogen-bond donors (Lipinski definition) is 3. The van der Waals surface area contributed by atoms with E-state index in [1.165, 1.54) is 33.9 Å². The molecule has 0 aliphatic rings. The topological polar surface area (TPSA) is 50.6 Å². The quantitative estimate of drug-likeness (QED) is 0.211. The lowest BCUT2D eigenvalue weighted by molar-refractivity contribution is 0.351. The summed E-state index contributed by atoms with van der Waals surface area (Å²) in [5.74, 6) is 4.22. The fraction of sp³-hybridized carbons (Fsp3) is 0.600. The summed E-state index contributed by atoms with van der Waals surface area (Å²) in [6.45, 7) is 42.9. The summed E-state index contributed by atoms with van der Waals surface area (Å²) in [6, 6.07) is 9.26. The maximum Gasteiger partial charge on any atom is 0.0276 e. The molecule has 44 heavy (non-hydrogen) atoms. The van der Waals surface area contributed by atoms with Crippen LogP contribution in [0.1, 0.15) is 180 Å². The molecule has 0 aliphatic heterocycles. The average Bonchev–Trinajstić information content (AvgIpc) is 3.70. The third-order valence-electron chi connectivity index (χ3n) is 7.75. The lowest BCUT2D eigenvalue weighted by atomic mass is 9.98. The van der Waals surface area contributed by atoms with Gasteiger partial charge in [-0.3, -0.25) is 0 Å². The van der Waals surface area contributed by atoms with E-state index < -0.39 is 0 Å². The first-order valence-electron chi connectivity index (χ1n) is 17.0. The van der Waals surface area contributed by atoms with Crippen molar-refractivity contribution in [2.24, 2.45) is 5.92 Å². The van der Waals surface area contributed by atoms with Crippen LogP contribution in [0.3, 0.4) is 0 Å². The van der Waals surface area contributed by atoms with Gasteiger partial charge in [-0.1, -0.05) is 110 Å². The summed E-state index contributed by atoms with van der Waals surface area (Å²) in [7, 11) is 0. The monoisotopic (exact) mass is 607 g/mol. The van der Waals surface area contributed by atoms with Crippen molar-refractivity contribution in [1.82, 2.24) is 19.9 Å². The zero-order chi connectivity index (χ0) is 34.3. The van der Waals surface area contributed by atoms with E-state index in [0.29, 0.717) is 47.5 Å². The number of aromatic amines is 3. The van der Waals surface area contributed by atoms with E-state index in [-0.39, 0.29) is 0 Å². The molecule has 0 saturated carbocycles. The van der Waals surface area contributed by atoms with Crippen molar-refractivity contribution in [3.8, 4) is 0 Å². The van der Waals surface area contributed by atoms with Crippen LogP contribution in [0.25, 0.3) is 0 Å². The number of nitrogens with one attached hydrogen (secondary N) is 3. The van der Waals surface area contributed by atoms with Gasteiger partial charge in [-0.25, -0.2) is 0 Å². The number of H-pyrrole nitrogens is 3. The summed E-state index contributed by atoms with van der Waals surface area (Å²) in [4.78, 5) is 12.1. The highest BCUT2D eigenvalue weighted by Gasteiger charge is 2.11. The minimum atomic E-state index is 0.461. The van der Waals surface area contributed by atoms with Crippen molar-refractivity contribution >= 4 is 0 Å². The fourth-order valence-electron chi connectivity index (χ4n) is 4.56. The zero-order valence-electron chi connectivity index (χ0n) is 31.5. The summed E-state index contributed by atoms with van der Waals surface area (Å²) < 4.78 is 0. The molecular formula is C40H70N4. The third kappa shape index (κ3) is 14.3. The Hall–Kier alpha value is -2.88. The van der Waals surface area contributed by atoms with E-state index in [1.807, 2.05) is 12.4 Å². The molecule has 3 rings (SSSR count). The Labute approximate surface area is 273 Å². The first-order valence-corrected chi connectivity index (χ1v) is 17.0. The lowest BCUT2D eigenvalue weighted by Gasteiger charge is -2.28. The van der Waals surface area contributed by atoms with Crippen LogP contribution in [0.4, 0.5) is 0 Å². The van der Waals surface area contributed by atoms with Gasteiger partial charge in [0.2, 0.25) is 0 Å². The standard InChI is InChI=1S/3C10H17N.C10H19N/c1-7(2)9-5-10(8(3)4)11-6-9;1-7(2)9-5-6-11-10(9)8(3)4;1-7(2)9-5-6-10(11-9)8(3)4;1-7-11(9(4)5)10(6)8(2)3/h3*5-8,11H,1-4H3;7-9H,1,6H2,2-5H3. The van der Waals surface area contributed by atoms with E-state index in [4.69, 9.17) is 0 Å². The molecule has 3 N–H and O–H groups in total. The molecule has 3 heterocycles. The zero-order valence-corrected chi connectivity index (χ0v) is 31.5. The molecule has 0 spiro atoms. The molecule has 3 aromatic rings. The fourth-order valence-corrected chi connectivity index (χ4v) is 4.56. The van der Waals surface area contributed by atoms with Crippen LogP contribution in [0.5, 0.6) is 0 Å². The molecular weight excluding hydrogens is 536 g/mol. The minimum Gasteiger partial charge on any atom is -0.365 e. The average molecular weight is 607 g/mol. The third-order valence-corrected chi connectivity index (χ3v) is 7.75. The van der Waals surface area contributed by atoms with Crippen molar-refractivity contribution < 1.29 is 0 Å². The van der Waals surface area contributed by atoms with E-state index in [2.05, 4.69) is 174 Å². The van der Waals surface area contributed by atoms with Gasteiger partial charge >= 0.3 is 0 Å². The molecule has 0 saturated heterocycles. The maximum absolute atomic E-state index is 4.00. The highest BCUT2D eigenvalue weighted by atomic mass is 15.1. The van der Waals surface area contributed by atoms with Gasteiger partial charge in [-0.05, 0) is 96.9 Å². The minimum absolute atomic E-state index is 0.461. The second-order valence-corrected chi connectivity index (χ2v) is 14.4. The molecule has 4 nitrogen and oxygen atoms in total. The summed E-state index contributed by atoms with van der Waals surface area (Å²) >= 11 is 0. The van der Waals surface area contributed by atoms with Crippen LogP contribution in [0.15, 0.2) is 61.7 Å². The molecule has 0 atom stereocenters. The SMILES string of the molecule is C=CN(C(=C)C(C)C)C(C)C.CC(C)c1c[nH]c(C(C)C)c1.CC(C)c1cc[nH]c1C(C)C.CC(C)c1ccc(C(C)C)[nH]1. The molecule has 0 unspecified atom stereocenters. The predicted molar refractivity (Wildman–Crippen MR) is 198 cm³/mol. The Kier molecular flexibility index (Phi) is 18.9. The van der Waals surface area contributed by atoms with Crippen molar-refractivity contribution in [3.05, 3.63) is 95.6 Å². The Morgan fingerprint density at radius 3 is 1.36 bits per heavy atom. The van der Waals surface area contributed by atoms with Crippen LogP contribution in [-0.2, 0) is 0 Å². The predicted octanol–water partition coefficient (Wildman–Crippen LogP) is 12.8. The summed E-state index contributed by atoms with van der Waals surface area (Å²) in [6.07, 6.45) is 5.98. The van der Waals surface area contributed by atoms with Gasteiger partial charge in [0.15, 0.2) is 0 Å². The Bertz CT molecular complexity index is 1060. The number of nitrogens with zero attached hydrogens (tertiary/aromatic N) is 1. The molecule has 250 valence electrons. The Balaban J connectivity index is 0.000000560. The maximum atomic E-state index is 4.00. The van der Waals surface area contributed by atoms with E-state index in [0.717, 1.165) is 5.70 Å². The smallest absolute Gasteiger partial charge is 0.0276 e. The van der Waals surface area contributed by atoms with Gasteiger partial charge in [-0.15, -0.1) is 0 Å². The van der Waals surface area contributed by atoms with Gasteiger partial charge in [-0.2, -0.15) is 0 Å². The second-order valence-electron chi connectivity index (χ2n) is 14.4. The van der Waals surface area contributed by atoms with Crippen molar-refractivity contribution in [2.75, 3.05) is 0 Å². The van der Waals surface area contributed by atoms with Gasteiger partial charge in [0, 0.05) is 46.9 Å². The molecule has 0 aliphatic carbocycles. The van der Waals surface area contributed by atoms with Crippen molar-refractivity contribution in [3.63, 3.8) is 0 Å². The molecule has 0 bridgehead atoms. The molecule has 0 aromatic carbocycles. The number of aromatic nitrogens is 3. The van der Waals surface area contributed by atoms with Crippen LogP contribution >= 0.6 is 0 Å². The van der Waals surface area contributed by atoms with E-state index >= 15 is 0 Å². The van der Waals surface area contributed by atoms with Gasteiger partial charge in [0.1, 0.15) is 0 Å². The first-order chi connectivity index (χ1) is 20.3. The molecule has 0 radical (unpaired) electrons. The number of hydrogen-bond acceptors (Lipinski definition) is 1.